The highest BCUT2D eigenvalue weighted by atomic mass is 35.5. The number of benzene rings is 1. The Kier molecular flexibility index (Phi) is 4.26. The van der Waals surface area contributed by atoms with Crippen molar-refractivity contribution in [3.05, 3.63) is 64.9 Å². The van der Waals surface area contributed by atoms with Gasteiger partial charge in [-0.3, -0.25) is 9.88 Å². The molecule has 1 aromatic carbocycles. The van der Waals surface area contributed by atoms with Gasteiger partial charge in [-0.25, -0.2) is 0 Å². The minimum absolute atomic E-state index is 0.135. The molecule has 0 aliphatic carbocycles. The minimum Gasteiger partial charge on any atom is -0.292 e. The van der Waals surface area contributed by atoms with E-state index >= 15 is 0 Å². The summed E-state index contributed by atoms with van der Waals surface area (Å²) in [6.07, 6.45) is 4.81. The predicted octanol–water partition coefficient (Wildman–Crippen LogP) is 4.40. The van der Waals surface area contributed by atoms with Crippen LogP contribution in [0.3, 0.4) is 0 Å². The minimum atomic E-state index is 0.135. The van der Waals surface area contributed by atoms with Crippen LogP contribution in [0.15, 0.2) is 48.7 Å². The van der Waals surface area contributed by atoms with Crippen molar-refractivity contribution in [2.45, 2.75) is 43.8 Å². The Labute approximate surface area is 147 Å². The van der Waals surface area contributed by atoms with E-state index in [2.05, 4.69) is 46.3 Å². The maximum atomic E-state index is 9.58. The number of pyridine rings is 1. The van der Waals surface area contributed by atoms with E-state index in [0.717, 1.165) is 31.5 Å². The Morgan fingerprint density at radius 2 is 1.96 bits per heavy atom. The molecule has 1 aromatic heterocycles. The van der Waals surface area contributed by atoms with Crippen LogP contribution in [0, 0.1) is 17.2 Å². The van der Waals surface area contributed by atoms with Crippen LogP contribution in [0.1, 0.15) is 36.4 Å². The number of aromatic nitrogens is 1. The lowest BCUT2D eigenvalue weighted by molar-refractivity contribution is 0.112. The summed E-state index contributed by atoms with van der Waals surface area (Å²) < 4.78 is 0. The SMILES string of the molecule is N#CC1CC2CC(c3ccc(Cl)cn3)CC1N2Cc1ccccc1. The Balaban J connectivity index is 1.55. The highest BCUT2D eigenvalue weighted by Gasteiger charge is 2.47. The number of nitriles is 1. The molecule has 2 fully saturated rings. The van der Waals surface area contributed by atoms with Gasteiger partial charge in [-0.1, -0.05) is 41.9 Å². The normalized spacial score (nSPS) is 29.3. The van der Waals surface area contributed by atoms with Crippen LogP contribution in [0.5, 0.6) is 0 Å². The van der Waals surface area contributed by atoms with Gasteiger partial charge in [-0.05, 0) is 37.0 Å². The van der Waals surface area contributed by atoms with Gasteiger partial charge in [0.05, 0.1) is 17.0 Å². The van der Waals surface area contributed by atoms with Crippen molar-refractivity contribution >= 4 is 11.6 Å². The molecule has 2 aliphatic rings. The van der Waals surface area contributed by atoms with Gasteiger partial charge in [-0.15, -0.1) is 0 Å². The van der Waals surface area contributed by atoms with Crippen molar-refractivity contribution in [2.24, 2.45) is 5.92 Å². The number of nitrogens with zero attached hydrogens (tertiary/aromatic N) is 3. The van der Waals surface area contributed by atoms with E-state index in [1.807, 2.05) is 12.1 Å². The second kappa shape index (κ2) is 6.55. The maximum Gasteiger partial charge on any atom is 0.0672 e. The quantitative estimate of drug-likeness (QED) is 0.833. The zero-order valence-corrected chi connectivity index (χ0v) is 14.2. The molecule has 3 nitrogen and oxygen atoms in total. The van der Waals surface area contributed by atoms with Gasteiger partial charge < -0.3 is 0 Å². The van der Waals surface area contributed by atoms with Crippen LogP contribution in [-0.4, -0.2) is 22.0 Å². The molecule has 0 radical (unpaired) electrons. The molecule has 4 heteroatoms. The first-order valence-corrected chi connectivity index (χ1v) is 8.93. The number of piperidine rings is 1. The van der Waals surface area contributed by atoms with Crippen molar-refractivity contribution in [3.8, 4) is 6.07 Å². The van der Waals surface area contributed by atoms with Gasteiger partial charge in [0.1, 0.15) is 0 Å². The van der Waals surface area contributed by atoms with Crippen molar-refractivity contribution in [3.63, 3.8) is 0 Å². The van der Waals surface area contributed by atoms with Gasteiger partial charge in [0, 0.05) is 36.4 Å². The fourth-order valence-corrected chi connectivity index (χ4v) is 4.50. The summed E-state index contributed by atoms with van der Waals surface area (Å²) in [5, 5.41) is 10.3. The predicted molar refractivity (Wildman–Crippen MR) is 94.5 cm³/mol. The number of rotatable bonds is 3. The first-order valence-electron chi connectivity index (χ1n) is 8.55. The second-order valence-corrected chi connectivity index (χ2v) is 7.36. The molecular formula is C20H20ClN3. The van der Waals surface area contributed by atoms with Crippen molar-refractivity contribution < 1.29 is 0 Å². The summed E-state index contributed by atoms with van der Waals surface area (Å²) in [4.78, 5) is 7.08. The lowest BCUT2D eigenvalue weighted by atomic mass is 9.86. The Hall–Kier alpha value is -1.89. The van der Waals surface area contributed by atoms with Gasteiger partial charge >= 0.3 is 0 Å². The summed E-state index contributed by atoms with van der Waals surface area (Å²) in [6.45, 7) is 0.940. The molecule has 2 bridgehead atoms. The van der Waals surface area contributed by atoms with Gasteiger partial charge in [0.15, 0.2) is 0 Å². The third-order valence-corrected chi connectivity index (χ3v) is 5.73. The van der Waals surface area contributed by atoms with E-state index in [4.69, 9.17) is 11.6 Å². The second-order valence-electron chi connectivity index (χ2n) is 6.92. The maximum absolute atomic E-state index is 9.58. The smallest absolute Gasteiger partial charge is 0.0672 e. The van der Waals surface area contributed by atoms with E-state index in [9.17, 15) is 5.26 Å². The highest BCUT2D eigenvalue weighted by molar-refractivity contribution is 6.30. The van der Waals surface area contributed by atoms with Crippen LogP contribution < -0.4 is 0 Å². The summed E-state index contributed by atoms with van der Waals surface area (Å²) in [7, 11) is 0. The molecule has 2 aliphatic heterocycles. The molecule has 2 aromatic rings. The van der Waals surface area contributed by atoms with E-state index in [1.54, 1.807) is 6.20 Å². The monoisotopic (exact) mass is 337 g/mol. The molecule has 0 N–H and O–H groups in total. The topological polar surface area (TPSA) is 39.9 Å². The number of hydrogen-bond donors (Lipinski definition) is 0. The fraction of sp³-hybridized carbons (Fsp3) is 0.400. The van der Waals surface area contributed by atoms with Gasteiger partial charge in [0.2, 0.25) is 0 Å². The third-order valence-electron chi connectivity index (χ3n) is 5.51. The lowest BCUT2D eigenvalue weighted by Gasteiger charge is -2.39. The van der Waals surface area contributed by atoms with E-state index < -0.39 is 0 Å². The summed E-state index contributed by atoms with van der Waals surface area (Å²) in [6, 6.07) is 17.9. The zero-order chi connectivity index (χ0) is 16.5. The van der Waals surface area contributed by atoms with Crippen LogP contribution in [-0.2, 0) is 6.54 Å². The Morgan fingerprint density at radius 3 is 2.67 bits per heavy atom. The molecule has 0 amide bonds. The molecule has 4 unspecified atom stereocenters. The lowest BCUT2D eigenvalue weighted by Crippen LogP contribution is -2.43. The molecule has 0 spiro atoms. The van der Waals surface area contributed by atoms with E-state index in [-0.39, 0.29) is 5.92 Å². The van der Waals surface area contributed by atoms with Crippen molar-refractivity contribution in [2.75, 3.05) is 0 Å². The third kappa shape index (κ3) is 2.92. The van der Waals surface area contributed by atoms with Crippen LogP contribution in [0.2, 0.25) is 5.02 Å². The number of fused-ring (bicyclic) bond motifs is 2. The molecule has 24 heavy (non-hydrogen) atoms. The highest BCUT2D eigenvalue weighted by Crippen LogP contribution is 2.45. The van der Waals surface area contributed by atoms with Crippen molar-refractivity contribution in [1.29, 1.82) is 5.26 Å². The number of hydrogen-bond acceptors (Lipinski definition) is 3. The van der Waals surface area contributed by atoms with Gasteiger partial charge in [0.25, 0.3) is 0 Å². The molecule has 3 heterocycles. The number of halogens is 1. The van der Waals surface area contributed by atoms with Crippen LogP contribution in [0.25, 0.3) is 0 Å². The Bertz CT molecular complexity index is 738. The van der Waals surface area contributed by atoms with Crippen molar-refractivity contribution in [1.82, 2.24) is 9.88 Å². The fourth-order valence-electron chi connectivity index (χ4n) is 4.38. The molecule has 4 rings (SSSR count). The average molecular weight is 338 g/mol. The Morgan fingerprint density at radius 1 is 1.12 bits per heavy atom. The van der Waals surface area contributed by atoms with Crippen LogP contribution >= 0.6 is 11.6 Å². The molecular weight excluding hydrogens is 318 g/mol. The molecule has 122 valence electrons. The molecule has 0 saturated carbocycles. The van der Waals surface area contributed by atoms with E-state index in [1.165, 1.54) is 5.56 Å². The van der Waals surface area contributed by atoms with Gasteiger partial charge in [-0.2, -0.15) is 5.26 Å². The average Bonchev–Trinajstić information content (AvgIpc) is 2.81. The standard InChI is InChI=1S/C20H20ClN3/c21-17-6-7-19(23-12-17)15-8-18-9-16(11-22)20(10-15)24(18)13-14-4-2-1-3-5-14/h1-7,12,15-16,18,20H,8-10,13H2. The largest absolute Gasteiger partial charge is 0.292 e. The summed E-state index contributed by atoms with van der Waals surface area (Å²) in [5.74, 6) is 0.568. The first kappa shape index (κ1) is 15.6. The zero-order valence-electron chi connectivity index (χ0n) is 13.5. The molecule has 2 saturated heterocycles. The molecule has 4 atom stereocenters. The summed E-state index contributed by atoms with van der Waals surface area (Å²) in [5.41, 5.74) is 2.45. The first-order chi connectivity index (χ1) is 11.7. The van der Waals surface area contributed by atoms with Crippen LogP contribution in [0.4, 0.5) is 0 Å². The van der Waals surface area contributed by atoms with E-state index in [0.29, 0.717) is 23.0 Å². The summed E-state index contributed by atoms with van der Waals surface area (Å²) >= 11 is 5.97.